The molecule has 0 fully saturated rings. The van der Waals surface area contributed by atoms with Crippen molar-refractivity contribution in [3.8, 4) is 11.5 Å². The molecule has 2 aromatic rings. The normalized spacial score (nSPS) is 10.3. The fourth-order valence-electron chi connectivity index (χ4n) is 2.17. The number of carbonyl (C=O) groups excluding carboxylic acids is 2. The largest absolute Gasteiger partial charge is 0.484 e. The summed E-state index contributed by atoms with van der Waals surface area (Å²) in [5.74, 6) is 0.746. The summed E-state index contributed by atoms with van der Waals surface area (Å²) in [7, 11) is 0. The van der Waals surface area contributed by atoms with Gasteiger partial charge >= 0.3 is 0 Å². The lowest BCUT2D eigenvalue weighted by Crippen LogP contribution is -2.45. The Balaban J connectivity index is 1.68. The molecule has 0 bridgehead atoms. The number of rotatable bonds is 7. The molecule has 138 valence electrons. The first-order valence-corrected chi connectivity index (χ1v) is 8.44. The molecule has 0 aromatic heterocycles. The van der Waals surface area contributed by atoms with E-state index >= 15 is 0 Å². The Morgan fingerprint density at radius 1 is 0.885 bits per heavy atom. The van der Waals surface area contributed by atoms with Gasteiger partial charge in [-0.2, -0.15) is 0 Å². The molecule has 2 aromatic carbocycles. The number of hydrogen-bond donors (Lipinski definition) is 2. The zero-order valence-corrected chi connectivity index (χ0v) is 15.2. The van der Waals surface area contributed by atoms with Gasteiger partial charge in [0.05, 0.1) is 0 Å². The Morgan fingerprint density at radius 2 is 1.46 bits per heavy atom. The van der Waals surface area contributed by atoms with E-state index < -0.39 is 11.8 Å². The van der Waals surface area contributed by atoms with E-state index in [1.165, 1.54) is 5.56 Å². The molecule has 26 heavy (non-hydrogen) atoms. The van der Waals surface area contributed by atoms with E-state index in [0.717, 1.165) is 5.56 Å². The van der Waals surface area contributed by atoms with Gasteiger partial charge < -0.3 is 9.47 Å². The van der Waals surface area contributed by atoms with Crippen molar-refractivity contribution in [2.75, 3.05) is 13.2 Å². The topological polar surface area (TPSA) is 76.7 Å². The van der Waals surface area contributed by atoms with E-state index in [-0.39, 0.29) is 13.2 Å². The van der Waals surface area contributed by atoms with Crippen molar-refractivity contribution in [2.45, 2.75) is 26.7 Å². The van der Waals surface area contributed by atoms with Crippen LogP contribution in [0.5, 0.6) is 11.5 Å². The van der Waals surface area contributed by atoms with E-state index in [9.17, 15) is 9.59 Å². The van der Waals surface area contributed by atoms with Gasteiger partial charge in [-0.25, -0.2) is 0 Å². The molecular weight excluding hydrogens is 332 g/mol. The first-order chi connectivity index (χ1) is 12.5. The Kier molecular flexibility index (Phi) is 7.02. The maximum absolute atomic E-state index is 11.7. The van der Waals surface area contributed by atoms with Crippen molar-refractivity contribution in [3.05, 3.63) is 59.7 Å². The summed E-state index contributed by atoms with van der Waals surface area (Å²) in [4.78, 5) is 23.4. The van der Waals surface area contributed by atoms with Gasteiger partial charge in [0.25, 0.3) is 11.8 Å². The zero-order valence-electron chi connectivity index (χ0n) is 15.2. The molecule has 0 aliphatic rings. The van der Waals surface area contributed by atoms with Crippen LogP contribution in [0.1, 0.15) is 30.9 Å². The molecule has 2 rings (SSSR count). The summed E-state index contributed by atoms with van der Waals surface area (Å²) in [5, 5.41) is 0. The average molecular weight is 356 g/mol. The van der Waals surface area contributed by atoms with Crippen LogP contribution in [0.25, 0.3) is 0 Å². The summed E-state index contributed by atoms with van der Waals surface area (Å²) >= 11 is 0. The lowest BCUT2D eigenvalue weighted by Gasteiger charge is -2.11. The predicted octanol–water partition coefficient (Wildman–Crippen LogP) is 2.72. The van der Waals surface area contributed by atoms with Crippen LogP contribution >= 0.6 is 0 Å². The molecule has 6 nitrogen and oxygen atoms in total. The van der Waals surface area contributed by atoms with Crippen molar-refractivity contribution in [1.82, 2.24) is 10.9 Å². The summed E-state index contributed by atoms with van der Waals surface area (Å²) in [6.45, 7) is 5.71. The van der Waals surface area contributed by atoms with Crippen molar-refractivity contribution < 1.29 is 19.1 Å². The van der Waals surface area contributed by atoms with Gasteiger partial charge in [0.15, 0.2) is 13.2 Å². The summed E-state index contributed by atoms with van der Waals surface area (Å²) in [6.07, 6.45) is 0. The third-order valence-electron chi connectivity index (χ3n) is 3.71. The maximum atomic E-state index is 11.7. The van der Waals surface area contributed by atoms with Gasteiger partial charge in [-0.05, 0) is 42.2 Å². The monoisotopic (exact) mass is 356 g/mol. The number of para-hydroxylation sites is 1. The van der Waals surface area contributed by atoms with Gasteiger partial charge in [-0.1, -0.05) is 44.2 Å². The summed E-state index contributed by atoms with van der Waals surface area (Å²) in [6, 6.07) is 14.9. The predicted molar refractivity (Wildman–Crippen MR) is 99.0 cm³/mol. The highest BCUT2D eigenvalue weighted by atomic mass is 16.5. The molecule has 0 heterocycles. The number of nitrogens with one attached hydrogen (secondary N) is 2. The Bertz CT molecular complexity index is 742. The standard InChI is InChI=1S/C20H24N2O4/c1-14(2)16-8-10-17(11-9-16)25-12-19(23)21-22-20(24)13-26-18-7-5-4-6-15(18)3/h4-11,14H,12-13H2,1-3H3,(H,21,23)(H,22,24). The van der Waals surface area contributed by atoms with Gasteiger partial charge in [-0.3, -0.25) is 20.4 Å². The number of ether oxygens (including phenoxy) is 2. The second kappa shape index (κ2) is 9.46. The van der Waals surface area contributed by atoms with Crippen LogP contribution in [0.15, 0.2) is 48.5 Å². The van der Waals surface area contributed by atoms with E-state index in [1.54, 1.807) is 6.07 Å². The molecule has 0 saturated heterocycles. The van der Waals surface area contributed by atoms with Crippen molar-refractivity contribution in [1.29, 1.82) is 0 Å². The number of benzene rings is 2. The highest BCUT2D eigenvalue weighted by Gasteiger charge is 2.08. The molecule has 0 unspecified atom stereocenters. The molecule has 0 saturated carbocycles. The van der Waals surface area contributed by atoms with Crippen LogP contribution in [0.4, 0.5) is 0 Å². The van der Waals surface area contributed by atoms with Gasteiger partial charge in [0.1, 0.15) is 11.5 Å². The number of carbonyl (C=O) groups is 2. The lowest BCUT2D eigenvalue weighted by atomic mass is 10.0. The molecule has 0 atom stereocenters. The van der Waals surface area contributed by atoms with Crippen molar-refractivity contribution >= 4 is 11.8 Å². The quantitative estimate of drug-likeness (QED) is 0.748. The number of hydrogen-bond acceptors (Lipinski definition) is 4. The Labute approximate surface area is 153 Å². The van der Waals surface area contributed by atoms with E-state index in [1.807, 2.05) is 49.4 Å². The fourth-order valence-corrected chi connectivity index (χ4v) is 2.17. The minimum absolute atomic E-state index is 0.192. The lowest BCUT2D eigenvalue weighted by molar-refractivity contribution is -0.131. The van der Waals surface area contributed by atoms with Crippen molar-refractivity contribution in [3.63, 3.8) is 0 Å². The average Bonchev–Trinajstić information content (AvgIpc) is 2.64. The number of aryl methyl sites for hydroxylation is 1. The second-order valence-electron chi connectivity index (χ2n) is 6.16. The first kappa shape index (κ1) is 19.3. The van der Waals surface area contributed by atoms with Crippen LogP contribution in [-0.2, 0) is 9.59 Å². The molecule has 6 heteroatoms. The third kappa shape index (κ3) is 6.12. The molecule has 0 radical (unpaired) electrons. The molecule has 0 aliphatic heterocycles. The summed E-state index contributed by atoms with van der Waals surface area (Å²) < 4.78 is 10.8. The molecule has 2 amide bonds. The van der Waals surface area contributed by atoms with E-state index in [2.05, 4.69) is 24.7 Å². The van der Waals surface area contributed by atoms with Gasteiger partial charge in [-0.15, -0.1) is 0 Å². The highest BCUT2D eigenvalue weighted by molar-refractivity contribution is 5.83. The minimum Gasteiger partial charge on any atom is -0.484 e. The fraction of sp³-hybridized carbons (Fsp3) is 0.300. The Morgan fingerprint density at radius 3 is 2.04 bits per heavy atom. The SMILES string of the molecule is Cc1ccccc1OCC(=O)NNC(=O)COc1ccc(C(C)C)cc1. The third-order valence-corrected chi connectivity index (χ3v) is 3.71. The van der Waals surface area contributed by atoms with Gasteiger partial charge in [0.2, 0.25) is 0 Å². The van der Waals surface area contributed by atoms with Crippen LogP contribution < -0.4 is 20.3 Å². The molecule has 2 N–H and O–H groups in total. The van der Waals surface area contributed by atoms with Crippen LogP contribution in [0, 0.1) is 6.92 Å². The Hall–Kier alpha value is -3.02. The minimum atomic E-state index is -0.456. The first-order valence-electron chi connectivity index (χ1n) is 8.44. The van der Waals surface area contributed by atoms with E-state index in [0.29, 0.717) is 17.4 Å². The number of hydrazine groups is 1. The van der Waals surface area contributed by atoms with Crippen LogP contribution in [0.3, 0.4) is 0 Å². The summed E-state index contributed by atoms with van der Waals surface area (Å²) in [5.41, 5.74) is 6.71. The van der Waals surface area contributed by atoms with Crippen LogP contribution in [-0.4, -0.2) is 25.0 Å². The molecule has 0 aliphatic carbocycles. The van der Waals surface area contributed by atoms with Crippen molar-refractivity contribution in [2.24, 2.45) is 0 Å². The van der Waals surface area contributed by atoms with E-state index in [4.69, 9.17) is 9.47 Å². The maximum Gasteiger partial charge on any atom is 0.276 e. The van der Waals surface area contributed by atoms with Crippen LogP contribution in [0.2, 0.25) is 0 Å². The second-order valence-corrected chi connectivity index (χ2v) is 6.16. The van der Waals surface area contributed by atoms with Gasteiger partial charge in [0, 0.05) is 0 Å². The molecule has 0 spiro atoms. The highest BCUT2D eigenvalue weighted by Crippen LogP contribution is 2.18. The number of amides is 2. The smallest absolute Gasteiger partial charge is 0.276 e. The molecular formula is C20H24N2O4. The zero-order chi connectivity index (χ0) is 18.9.